The summed E-state index contributed by atoms with van der Waals surface area (Å²) in [5.74, 6) is 1.19. The number of nitrogens with one attached hydrogen (secondary N) is 1. The van der Waals surface area contributed by atoms with Crippen LogP contribution in [0.5, 0.6) is 11.5 Å². The van der Waals surface area contributed by atoms with E-state index in [1.54, 1.807) is 25.3 Å². The fourth-order valence-electron chi connectivity index (χ4n) is 3.58. The number of nitrogens with zero attached hydrogens (tertiary/aromatic N) is 1. The second-order valence-electron chi connectivity index (χ2n) is 7.55. The first-order chi connectivity index (χ1) is 15.3. The average Bonchev–Trinajstić information content (AvgIpc) is 2.83. The van der Waals surface area contributed by atoms with Gasteiger partial charge in [-0.25, -0.2) is 8.42 Å². The number of hydrogen-bond acceptors (Lipinski definition) is 6. The molecule has 1 saturated heterocycles. The maximum absolute atomic E-state index is 13.0. The number of ether oxygens (including phenoxy) is 3. The van der Waals surface area contributed by atoms with Gasteiger partial charge in [0.2, 0.25) is 15.9 Å². The van der Waals surface area contributed by atoms with Crippen LogP contribution in [-0.2, 0) is 26.0 Å². The molecule has 2 aromatic carbocycles. The molecule has 8 nitrogen and oxygen atoms in total. The van der Waals surface area contributed by atoms with Crippen molar-refractivity contribution >= 4 is 15.9 Å². The molecule has 1 aliphatic rings. The van der Waals surface area contributed by atoms with E-state index >= 15 is 0 Å². The van der Waals surface area contributed by atoms with Crippen LogP contribution in [0.4, 0.5) is 0 Å². The monoisotopic (exact) mass is 462 g/mol. The Kier molecular flexibility index (Phi) is 8.11. The highest BCUT2D eigenvalue weighted by Crippen LogP contribution is 2.26. The molecule has 1 atom stereocenters. The first-order valence-electron chi connectivity index (χ1n) is 10.5. The Morgan fingerprint density at radius 1 is 1.09 bits per heavy atom. The van der Waals surface area contributed by atoms with E-state index < -0.39 is 10.0 Å². The lowest BCUT2D eigenvalue weighted by Crippen LogP contribution is -2.40. The van der Waals surface area contributed by atoms with Crippen molar-refractivity contribution in [2.24, 2.45) is 0 Å². The summed E-state index contributed by atoms with van der Waals surface area (Å²) in [6.07, 6.45) is 0.564. The summed E-state index contributed by atoms with van der Waals surface area (Å²) in [7, 11) is -0.487. The quantitative estimate of drug-likeness (QED) is 0.616. The van der Waals surface area contributed by atoms with Crippen molar-refractivity contribution in [3.63, 3.8) is 0 Å². The number of carbonyl (C=O) groups is 1. The number of morpholine rings is 1. The van der Waals surface area contributed by atoms with Crippen LogP contribution in [0.3, 0.4) is 0 Å². The van der Waals surface area contributed by atoms with E-state index in [2.05, 4.69) is 5.32 Å². The molecule has 1 N–H and O–H groups in total. The second-order valence-corrected chi connectivity index (χ2v) is 9.49. The first-order valence-corrected chi connectivity index (χ1v) is 12.0. The minimum absolute atomic E-state index is 0.128. The molecule has 3 rings (SSSR count). The SMILES string of the molecule is COc1ccc(C(C)NC(=O)CCc2cc(S(=O)(=O)N3CCOCC3)ccc2OC)cc1. The molecule has 1 amide bonds. The number of hydrogen-bond donors (Lipinski definition) is 1. The smallest absolute Gasteiger partial charge is 0.243 e. The van der Waals surface area contributed by atoms with Gasteiger partial charge in [-0.15, -0.1) is 0 Å². The molecule has 2 aromatic rings. The predicted octanol–water partition coefficient (Wildman–Crippen LogP) is 2.53. The van der Waals surface area contributed by atoms with Gasteiger partial charge < -0.3 is 19.5 Å². The van der Waals surface area contributed by atoms with Crippen LogP contribution in [-0.4, -0.2) is 59.2 Å². The Bertz CT molecular complexity index is 1020. The number of rotatable bonds is 9. The van der Waals surface area contributed by atoms with E-state index in [9.17, 15) is 13.2 Å². The van der Waals surface area contributed by atoms with Crippen LogP contribution in [0, 0.1) is 0 Å². The zero-order chi connectivity index (χ0) is 23.1. The lowest BCUT2D eigenvalue weighted by atomic mass is 10.1. The summed E-state index contributed by atoms with van der Waals surface area (Å²) in [6, 6.07) is 12.1. The Balaban J connectivity index is 1.66. The largest absolute Gasteiger partial charge is 0.497 e. The maximum atomic E-state index is 13.0. The summed E-state index contributed by atoms with van der Waals surface area (Å²) >= 11 is 0. The van der Waals surface area contributed by atoms with Gasteiger partial charge in [0.1, 0.15) is 11.5 Å². The Morgan fingerprint density at radius 2 is 1.78 bits per heavy atom. The lowest BCUT2D eigenvalue weighted by Gasteiger charge is -2.26. The molecule has 9 heteroatoms. The van der Waals surface area contributed by atoms with Crippen LogP contribution in [0.2, 0.25) is 0 Å². The van der Waals surface area contributed by atoms with Crippen LogP contribution >= 0.6 is 0 Å². The van der Waals surface area contributed by atoms with Crippen LogP contribution < -0.4 is 14.8 Å². The third-order valence-electron chi connectivity index (χ3n) is 5.47. The molecule has 1 heterocycles. The van der Waals surface area contributed by atoms with E-state index in [-0.39, 0.29) is 23.3 Å². The highest BCUT2D eigenvalue weighted by Gasteiger charge is 2.27. The number of sulfonamides is 1. The minimum atomic E-state index is -3.62. The molecule has 0 radical (unpaired) electrons. The molecule has 1 aliphatic heterocycles. The van der Waals surface area contributed by atoms with E-state index in [0.717, 1.165) is 11.3 Å². The van der Waals surface area contributed by atoms with E-state index in [4.69, 9.17) is 14.2 Å². The van der Waals surface area contributed by atoms with Gasteiger partial charge in [-0.05, 0) is 54.8 Å². The minimum Gasteiger partial charge on any atom is -0.497 e. The predicted molar refractivity (Wildman–Crippen MR) is 120 cm³/mol. The Hall–Kier alpha value is -2.62. The number of carbonyl (C=O) groups excluding carboxylic acids is 1. The molecule has 0 saturated carbocycles. The fraction of sp³-hybridized carbons (Fsp3) is 0.435. The summed E-state index contributed by atoms with van der Waals surface area (Å²) in [5, 5.41) is 2.98. The van der Waals surface area contributed by atoms with Gasteiger partial charge in [0, 0.05) is 19.5 Å². The van der Waals surface area contributed by atoms with Crippen molar-refractivity contribution < 1.29 is 27.4 Å². The van der Waals surface area contributed by atoms with Gasteiger partial charge >= 0.3 is 0 Å². The van der Waals surface area contributed by atoms with Crippen LogP contribution in [0.1, 0.15) is 30.5 Å². The maximum Gasteiger partial charge on any atom is 0.243 e. The van der Waals surface area contributed by atoms with Gasteiger partial charge in [0.25, 0.3) is 0 Å². The van der Waals surface area contributed by atoms with E-state index in [1.165, 1.54) is 11.4 Å². The zero-order valence-electron chi connectivity index (χ0n) is 18.7. The molecule has 32 heavy (non-hydrogen) atoms. The van der Waals surface area contributed by atoms with Crippen molar-refractivity contribution in [2.45, 2.75) is 30.7 Å². The number of aryl methyl sites for hydroxylation is 1. The van der Waals surface area contributed by atoms with Crippen molar-refractivity contribution in [1.82, 2.24) is 9.62 Å². The average molecular weight is 463 g/mol. The molecule has 0 aromatic heterocycles. The molecule has 174 valence electrons. The highest BCUT2D eigenvalue weighted by molar-refractivity contribution is 7.89. The molecule has 0 bridgehead atoms. The summed E-state index contributed by atoms with van der Waals surface area (Å²) < 4.78 is 43.2. The molecular formula is C23H30N2O6S. The van der Waals surface area contributed by atoms with Gasteiger partial charge in [-0.2, -0.15) is 4.31 Å². The summed E-state index contributed by atoms with van der Waals surface area (Å²) in [4.78, 5) is 12.7. The standard InChI is InChI=1S/C23H30N2O6S/c1-17(18-4-7-20(29-2)8-5-18)24-23(26)11-6-19-16-21(9-10-22(19)30-3)32(27,28)25-12-14-31-15-13-25/h4-5,7-10,16-17H,6,11-15H2,1-3H3,(H,24,26). The Labute approximate surface area is 189 Å². The first kappa shape index (κ1) is 24.0. The van der Waals surface area contributed by atoms with E-state index in [0.29, 0.717) is 44.0 Å². The number of methoxy groups -OCH3 is 2. The highest BCUT2D eigenvalue weighted by atomic mass is 32.2. The fourth-order valence-corrected chi connectivity index (χ4v) is 5.04. The zero-order valence-corrected chi connectivity index (χ0v) is 19.5. The second kappa shape index (κ2) is 10.8. The van der Waals surface area contributed by atoms with Gasteiger partial charge in [-0.1, -0.05) is 12.1 Å². The van der Waals surface area contributed by atoms with Gasteiger partial charge in [-0.3, -0.25) is 4.79 Å². The van der Waals surface area contributed by atoms with Crippen LogP contribution in [0.15, 0.2) is 47.4 Å². The summed E-state index contributed by atoms with van der Waals surface area (Å²) in [6.45, 7) is 3.34. The summed E-state index contributed by atoms with van der Waals surface area (Å²) in [5.41, 5.74) is 1.64. The third kappa shape index (κ3) is 5.79. The lowest BCUT2D eigenvalue weighted by molar-refractivity contribution is -0.121. The van der Waals surface area contributed by atoms with Crippen LogP contribution in [0.25, 0.3) is 0 Å². The van der Waals surface area contributed by atoms with Crippen molar-refractivity contribution in [3.8, 4) is 11.5 Å². The molecule has 0 aliphatic carbocycles. The topological polar surface area (TPSA) is 94.2 Å². The van der Waals surface area contributed by atoms with Gasteiger partial charge in [0.15, 0.2) is 0 Å². The number of benzene rings is 2. The molecule has 0 spiro atoms. The number of amides is 1. The van der Waals surface area contributed by atoms with Crippen molar-refractivity contribution in [3.05, 3.63) is 53.6 Å². The van der Waals surface area contributed by atoms with E-state index in [1.807, 2.05) is 31.2 Å². The van der Waals surface area contributed by atoms with Gasteiger partial charge in [0.05, 0.1) is 38.4 Å². The normalized spacial score (nSPS) is 15.7. The van der Waals surface area contributed by atoms with Crippen molar-refractivity contribution in [2.75, 3.05) is 40.5 Å². The third-order valence-corrected chi connectivity index (χ3v) is 7.37. The Morgan fingerprint density at radius 3 is 2.41 bits per heavy atom. The van der Waals surface area contributed by atoms with Crippen molar-refractivity contribution in [1.29, 1.82) is 0 Å². The molecule has 1 unspecified atom stereocenters. The molecule has 1 fully saturated rings. The molecular weight excluding hydrogens is 432 g/mol.